The number of nitrogens with zero attached hydrogens (tertiary/aromatic N) is 2. The molecule has 0 bridgehead atoms. The van der Waals surface area contributed by atoms with Crippen molar-refractivity contribution in [3.8, 4) is 0 Å². The molecule has 0 saturated heterocycles. The van der Waals surface area contributed by atoms with Crippen LogP contribution >= 0.6 is 23.2 Å². The topological polar surface area (TPSA) is 63.6 Å². The number of rotatable bonds is 6. The largest absolute Gasteiger partial charge is 0.383 e. The number of hydrogen-bond donors (Lipinski definition) is 1. The molecule has 1 aliphatic heterocycles. The highest BCUT2D eigenvalue weighted by Gasteiger charge is 2.33. The minimum atomic E-state index is -0.317. The lowest BCUT2D eigenvalue weighted by Gasteiger charge is -2.37. The molecular weight excluding hydrogens is 389 g/mol. The maximum Gasteiger partial charge on any atom is 0.232 e. The molecule has 0 saturated carbocycles. The molecule has 0 aliphatic carbocycles. The van der Waals surface area contributed by atoms with Crippen LogP contribution in [0.25, 0.3) is 0 Å². The SMILES string of the molecule is COCCNC(=O)CC(=O)N1CCn2cccc2[C@@H]1c1ccc(Cl)c(Cl)c1. The zero-order valence-corrected chi connectivity index (χ0v) is 16.5. The maximum atomic E-state index is 12.9. The summed E-state index contributed by atoms with van der Waals surface area (Å²) in [6.45, 7) is 1.97. The minimum Gasteiger partial charge on any atom is -0.383 e. The monoisotopic (exact) mass is 409 g/mol. The van der Waals surface area contributed by atoms with Crippen molar-refractivity contribution in [3.63, 3.8) is 0 Å². The van der Waals surface area contributed by atoms with E-state index in [-0.39, 0.29) is 24.3 Å². The molecule has 27 heavy (non-hydrogen) atoms. The number of nitrogens with one attached hydrogen (secondary N) is 1. The first kappa shape index (κ1) is 19.7. The summed E-state index contributed by atoms with van der Waals surface area (Å²) in [4.78, 5) is 26.7. The number of aromatic nitrogens is 1. The van der Waals surface area contributed by atoms with E-state index >= 15 is 0 Å². The van der Waals surface area contributed by atoms with Crippen LogP contribution in [0.15, 0.2) is 36.5 Å². The van der Waals surface area contributed by atoms with Crippen LogP contribution in [0.2, 0.25) is 10.0 Å². The Kier molecular flexibility index (Phi) is 6.42. The Balaban J connectivity index is 1.83. The van der Waals surface area contributed by atoms with E-state index in [0.29, 0.717) is 36.3 Å². The molecule has 1 aromatic carbocycles. The van der Waals surface area contributed by atoms with Gasteiger partial charge in [-0.05, 0) is 29.8 Å². The predicted molar refractivity (Wildman–Crippen MR) is 104 cm³/mol. The van der Waals surface area contributed by atoms with Crippen LogP contribution in [-0.2, 0) is 20.9 Å². The number of fused-ring (bicyclic) bond motifs is 1. The smallest absolute Gasteiger partial charge is 0.232 e. The van der Waals surface area contributed by atoms with E-state index < -0.39 is 0 Å². The Morgan fingerprint density at radius 3 is 2.78 bits per heavy atom. The van der Waals surface area contributed by atoms with E-state index in [0.717, 1.165) is 11.3 Å². The number of carbonyl (C=O) groups is 2. The number of methoxy groups -OCH3 is 1. The zero-order chi connectivity index (χ0) is 19.4. The molecule has 0 spiro atoms. The maximum absolute atomic E-state index is 12.9. The number of halogens is 2. The lowest BCUT2D eigenvalue weighted by Crippen LogP contribution is -2.44. The molecule has 144 valence electrons. The highest BCUT2D eigenvalue weighted by Crippen LogP contribution is 2.35. The molecule has 1 aliphatic rings. The first-order valence-corrected chi connectivity index (χ1v) is 9.42. The van der Waals surface area contributed by atoms with Crippen LogP contribution in [0.1, 0.15) is 23.7 Å². The molecule has 2 amide bonds. The number of benzene rings is 1. The Hall–Kier alpha value is -2.02. The summed E-state index contributed by atoms with van der Waals surface area (Å²) in [7, 11) is 1.56. The van der Waals surface area contributed by atoms with Gasteiger partial charge in [-0.1, -0.05) is 29.3 Å². The Labute approximate surface area is 168 Å². The fourth-order valence-corrected chi connectivity index (χ4v) is 3.59. The lowest BCUT2D eigenvalue weighted by molar-refractivity contribution is -0.138. The van der Waals surface area contributed by atoms with Crippen LogP contribution in [0.5, 0.6) is 0 Å². The van der Waals surface area contributed by atoms with Crippen molar-refractivity contribution in [2.45, 2.75) is 19.0 Å². The van der Waals surface area contributed by atoms with Gasteiger partial charge < -0.3 is 19.5 Å². The molecule has 0 unspecified atom stereocenters. The second kappa shape index (κ2) is 8.78. The van der Waals surface area contributed by atoms with Crippen LogP contribution in [0.3, 0.4) is 0 Å². The van der Waals surface area contributed by atoms with Crippen LogP contribution in [0.4, 0.5) is 0 Å². The van der Waals surface area contributed by atoms with Gasteiger partial charge in [-0.3, -0.25) is 9.59 Å². The summed E-state index contributed by atoms with van der Waals surface area (Å²) in [6.07, 6.45) is 1.78. The molecule has 1 atom stereocenters. The summed E-state index contributed by atoms with van der Waals surface area (Å²) in [5, 5.41) is 3.58. The van der Waals surface area contributed by atoms with Gasteiger partial charge in [-0.15, -0.1) is 0 Å². The number of amides is 2. The van der Waals surface area contributed by atoms with Gasteiger partial charge in [-0.25, -0.2) is 0 Å². The molecule has 2 heterocycles. The zero-order valence-electron chi connectivity index (χ0n) is 15.0. The number of carbonyl (C=O) groups excluding carboxylic acids is 2. The third kappa shape index (κ3) is 4.46. The fourth-order valence-electron chi connectivity index (χ4n) is 3.28. The summed E-state index contributed by atoms with van der Waals surface area (Å²) in [6, 6.07) is 8.97. The van der Waals surface area contributed by atoms with Crippen molar-refractivity contribution >= 4 is 35.0 Å². The Bertz CT molecular complexity index is 837. The van der Waals surface area contributed by atoms with Gasteiger partial charge in [0.05, 0.1) is 22.7 Å². The molecule has 2 aromatic rings. The van der Waals surface area contributed by atoms with Crippen LogP contribution in [0, 0.1) is 0 Å². The Morgan fingerprint density at radius 1 is 1.22 bits per heavy atom. The van der Waals surface area contributed by atoms with E-state index in [9.17, 15) is 9.59 Å². The van der Waals surface area contributed by atoms with Gasteiger partial charge in [-0.2, -0.15) is 0 Å². The molecule has 0 radical (unpaired) electrons. The molecule has 1 aromatic heterocycles. The van der Waals surface area contributed by atoms with Gasteiger partial charge >= 0.3 is 0 Å². The molecule has 1 N–H and O–H groups in total. The van der Waals surface area contributed by atoms with Gasteiger partial charge in [0.15, 0.2) is 0 Å². The van der Waals surface area contributed by atoms with Crippen molar-refractivity contribution in [2.75, 3.05) is 26.8 Å². The van der Waals surface area contributed by atoms with Crippen molar-refractivity contribution in [2.24, 2.45) is 0 Å². The first-order valence-electron chi connectivity index (χ1n) is 8.66. The summed E-state index contributed by atoms with van der Waals surface area (Å²) >= 11 is 12.2. The van der Waals surface area contributed by atoms with E-state index in [1.54, 1.807) is 24.1 Å². The van der Waals surface area contributed by atoms with E-state index in [1.165, 1.54) is 0 Å². The van der Waals surface area contributed by atoms with Crippen molar-refractivity contribution in [3.05, 3.63) is 57.8 Å². The minimum absolute atomic E-state index is 0.206. The van der Waals surface area contributed by atoms with Gasteiger partial charge in [0.2, 0.25) is 11.8 Å². The number of hydrogen-bond acceptors (Lipinski definition) is 3. The lowest BCUT2D eigenvalue weighted by atomic mass is 9.99. The third-order valence-electron chi connectivity index (χ3n) is 4.56. The van der Waals surface area contributed by atoms with Crippen molar-refractivity contribution < 1.29 is 14.3 Å². The standard InChI is InChI=1S/C19H21Cl2N3O3/c1-27-10-6-22-17(25)12-18(26)24-9-8-23-7-2-3-16(23)19(24)13-4-5-14(20)15(21)11-13/h2-5,7,11,19H,6,8-10,12H2,1H3,(H,22,25)/t19-/m0/s1. The third-order valence-corrected chi connectivity index (χ3v) is 5.30. The van der Waals surface area contributed by atoms with Gasteiger partial charge in [0.25, 0.3) is 0 Å². The average molecular weight is 410 g/mol. The summed E-state index contributed by atoms with van der Waals surface area (Å²) in [5.41, 5.74) is 1.84. The van der Waals surface area contributed by atoms with Gasteiger partial charge in [0, 0.05) is 38.6 Å². The average Bonchev–Trinajstić information content (AvgIpc) is 3.12. The molecule has 0 fully saturated rings. The molecule has 8 heteroatoms. The Morgan fingerprint density at radius 2 is 2.04 bits per heavy atom. The quantitative estimate of drug-likeness (QED) is 0.589. The van der Waals surface area contributed by atoms with E-state index in [1.807, 2.05) is 24.4 Å². The van der Waals surface area contributed by atoms with Crippen molar-refractivity contribution in [1.29, 1.82) is 0 Å². The van der Waals surface area contributed by atoms with E-state index in [2.05, 4.69) is 9.88 Å². The van der Waals surface area contributed by atoms with Gasteiger partial charge in [0.1, 0.15) is 6.42 Å². The first-order chi connectivity index (χ1) is 13.0. The predicted octanol–water partition coefficient (Wildman–Crippen LogP) is 2.88. The molecule has 3 rings (SSSR count). The highest BCUT2D eigenvalue weighted by atomic mass is 35.5. The molecule has 6 nitrogen and oxygen atoms in total. The second-order valence-electron chi connectivity index (χ2n) is 6.31. The summed E-state index contributed by atoms with van der Waals surface area (Å²) < 4.78 is 7.01. The summed E-state index contributed by atoms with van der Waals surface area (Å²) in [5.74, 6) is -0.542. The normalized spacial score (nSPS) is 16.1. The number of ether oxygens (including phenoxy) is 1. The molecular formula is C19H21Cl2N3O3. The van der Waals surface area contributed by atoms with Crippen molar-refractivity contribution in [1.82, 2.24) is 14.8 Å². The van der Waals surface area contributed by atoms with E-state index in [4.69, 9.17) is 27.9 Å². The highest BCUT2D eigenvalue weighted by molar-refractivity contribution is 6.42. The van der Waals surface area contributed by atoms with Crippen LogP contribution < -0.4 is 5.32 Å². The fraction of sp³-hybridized carbons (Fsp3) is 0.368. The van der Waals surface area contributed by atoms with Crippen LogP contribution in [-0.4, -0.2) is 48.1 Å². The second-order valence-corrected chi connectivity index (χ2v) is 7.12.